The second-order valence-electron chi connectivity index (χ2n) is 26.8. The van der Waals surface area contributed by atoms with Gasteiger partial charge in [0.2, 0.25) is 0 Å². The summed E-state index contributed by atoms with van der Waals surface area (Å²) in [5.41, 5.74) is 23.3. The predicted molar refractivity (Wildman–Crippen MR) is 443 cm³/mol. The van der Waals surface area contributed by atoms with Gasteiger partial charge in [-0.2, -0.15) is 0 Å². The Balaban J connectivity index is 0.000000143. The fourth-order valence-corrected chi connectivity index (χ4v) is 15.7. The molecule has 0 N–H and O–H groups in total. The SMILES string of the molecule is c1ccc(-c2ccc(N(c3ccc(-c4ccc5ccccc5c4)cc3)c3ccc4c5ccc6ccccc6c5n(-c5ccccc5)c4c3)cc2)cc1.c1ccc(-c2ccc(N(c3ccc(-c4ccc5ccccc5c4)cc3)c3cccc4c5ccc6ccccc6c5n(-c5ccccc5)c34)cc2)cc1. The van der Waals surface area contributed by atoms with E-state index < -0.39 is 0 Å². The number of hydrogen-bond donors (Lipinski definition) is 0. The van der Waals surface area contributed by atoms with E-state index in [4.69, 9.17) is 0 Å². The van der Waals surface area contributed by atoms with Crippen LogP contribution in [-0.4, -0.2) is 9.13 Å². The van der Waals surface area contributed by atoms with Gasteiger partial charge >= 0.3 is 0 Å². The van der Waals surface area contributed by atoms with Crippen molar-refractivity contribution in [1.29, 1.82) is 0 Å². The normalized spacial score (nSPS) is 11.5. The summed E-state index contributed by atoms with van der Waals surface area (Å²) in [4.78, 5) is 4.80. The van der Waals surface area contributed by atoms with E-state index in [0.29, 0.717) is 0 Å². The maximum Gasteiger partial charge on any atom is 0.0782 e. The topological polar surface area (TPSA) is 16.3 Å². The molecule has 104 heavy (non-hydrogen) atoms. The lowest BCUT2D eigenvalue weighted by molar-refractivity contribution is 1.17. The monoisotopic (exact) mass is 1320 g/mol. The van der Waals surface area contributed by atoms with Gasteiger partial charge in [0.1, 0.15) is 0 Å². The Morgan fingerprint density at radius 2 is 0.481 bits per heavy atom. The first-order chi connectivity index (χ1) is 51.6. The van der Waals surface area contributed by atoms with Crippen LogP contribution in [0.2, 0.25) is 0 Å². The minimum Gasteiger partial charge on any atom is -0.310 e. The molecule has 18 aromatic carbocycles. The first kappa shape index (κ1) is 61.3. The average molecular weight is 1330 g/mol. The molecule has 4 heteroatoms. The van der Waals surface area contributed by atoms with Crippen LogP contribution in [0.3, 0.4) is 0 Å². The second kappa shape index (κ2) is 26.4. The highest BCUT2D eigenvalue weighted by atomic mass is 15.2. The van der Waals surface area contributed by atoms with Crippen molar-refractivity contribution in [3.05, 3.63) is 413 Å². The van der Waals surface area contributed by atoms with Crippen LogP contribution < -0.4 is 9.80 Å². The van der Waals surface area contributed by atoms with Crippen molar-refractivity contribution in [2.24, 2.45) is 0 Å². The Morgan fingerprint density at radius 3 is 0.962 bits per heavy atom. The van der Waals surface area contributed by atoms with Gasteiger partial charge in [0.05, 0.1) is 27.8 Å². The van der Waals surface area contributed by atoms with Crippen LogP contribution in [0.1, 0.15) is 0 Å². The Kier molecular flexibility index (Phi) is 15.5. The van der Waals surface area contributed by atoms with Crippen molar-refractivity contribution in [3.63, 3.8) is 0 Å². The smallest absolute Gasteiger partial charge is 0.0782 e. The van der Waals surface area contributed by atoms with E-state index in [2.05, 4.69) is 431 Å². The summed E-state index contributed by atoms with van der Waals surface area (Å²) in [5, 5.41) is 14.9. The molecule has 2 heterocycles. The zero-order valence-corrected chi connectivity index (χ0v) is 57.0. The van der Waals surface area contributed by atoms with E-state index in [9.17, 15) is 0 Å². The molecule has 0 atom stereocenters. The van der Waals surface area contributed by atoms with Gasteiger partial charge < -0.3 is 18.9 Å². The van der Waals surface area contributed by atoms with Crippen molar-refractivity contribution in [2.75, 3.05) is 9.80 Å². The third kappa shape index (κ3) is 11.2. The van der Waals surface area contributed by atoms with Gasteiger partial charge in [0.25, 0.3) is 0 Å². The van der Waals surface area contributed by atoms with Gasteiger partial charge in [-0.1, -0.05) is 309 Å². The molecule has 4 nitrogen and oxygen atoms in total. The number of hydrogen-bond acceptors (Lipinski definition) is 2. The minimum absolute atomic E-state index is 1.10. The van der Waals surface area contributed by atoms with Gasteiger partial charge in [-0.3, -0.25) is 0 Å². The van der Waals surface area contributed by atoms with Crippen LogP contribution >= 0.6 is 0 Å². The lowest BCUT2D eigenvalue weighted by Crippen LogP contribution is -2.11. The second-order valence-corrected chi connectivity index (χ2v) is 26.8. The molecular weight excluding hydrogens is 1260 g/mol. The van der Waals surface area contributed by atoms with E-state index in [1.54, 1.807) is 0 Å². The molecule has 0 aliphatic heterocycles. The van der Waals surface area contributed by atoms with Crippen molar-refractivity contribution < 1.29 is 0 Å². The molecule has 0 aliphatic rings. The number of para-hydroxylation sites is 3. The highest BCUT2D eigenvalue weighted by Crippen LogP contribution is 2.47. The quantitative estimate of drug-likeness (QED) is 0.121. The summed E-state index contributed by atoms with van der Waals surface area (Å²) >= 11 is 0. The average Bonchev–Trinajstić information content (AvgIpc) is 1.54. The summed E-state index contributed by atoms with van der Waals surface area (Å²) in [6.07, 6.45) is 0. The fraction of sp³-hybridized carbons (Fsp3) is 0. The zero-order valence-electron chi connectivity index (χ0n) is 57.0. The number of anilines is 6. The molecule has 0 aliphatic carbocycles. The van der Waals surface area contributed by atoms with E-state index in [0.717, 1.165) is 45.5 Å². The fourth-order valence-electron chi connectivity index (χ4n) is 15.7. The third-order valence-electron chi connectivity index (χ3n) is 20.7. The molecule has 488 valence electrons. The van der Waals surface area contributed by atoms with Crippen LogP contribution in [0.15, 0.2) is 413 Å². The van der Waals surface area contributed by atoms with Crippen LogP contribution in [-0.2, 0) is 0 Å². The Bertz CT molecular complexity index is 6540. The van der Waals surface area contributed by atoms with Crippen molar-refractivity contribution in [3.8, 4) is 55.9 Å². The van der Waals surface area contributed by atoms with E-state index in [1.807, 2.05) is 0 Å². The number of nitrogens with zero attached hydrogens (tertiary/aromatic N) is 4. The molecule has 0 bridgehead atoms. The maximum absolute atomic E-state index is 2.47. The molecule has 0 saturated carbocycles. The summed E-state index contributed by atoms with van der Waals surface area (Å²) in [5.74, 6) is 0. The Labute approximate surface area is 604 Å². The van der Waals surface area contributed by atoms with Gasteiger partial charge in [-0.15, -0.1) is 0 Å². The van der Waals surface area contributed by atoms with Crippen LogP contribution in [0.4, 0.5) is 34.1 Å². The molecule has 20 rings (SSSR count). The molecule has 0 radical (unpaired) electrons. The van der Waals surface area contributed by atoms with E-state index in [1.165, 1.54) is 131 Å². The van der Waals surface area contributed by atoms with Crippen LogP contribution in [0, 0.1) is 0 Å². The third-order valence-corrected chi connectivity index (χ3v) is 20.7. The summed E-state index contributed by atoms with van der Waals surface area (Å²) in [6.45, 7) is 0. The van der Waals surface area contributed by atoms with Gasteiger partial charge in [-0.25, -0.2) is 0 Å². The summed E-state index contributed by atoms with van der Waals surface area (Å²) in [6, 6.07) is 149. The molecular formula is C100H68N4. The highest BCUT2D eigenvalue weighted by molar-refractivity contribution is 6.22. The van der Waals surface area contributed by atoms with Gasteiger partial charge in [-0.05, 0) is 180 Å². The van der Waals surface area contributed by atoms with E-state index >= 15 is 0 Å². The number of benzene rings is 18. The summed E-state index contributed by atoms with van der Waals surface area (Å²) < 4.78 is 4.91. The van der Waals surface area contributed by atoms with Crippen molar-refractivity contribution in [2.45, 2.75) is 0 Å². The molecule has 0 saturated heterocycles. The van der Waals surface area contributed by atoms with Crippen LogP contribution in [0.25, 0.3) is 143 Å². The largest absolute Gasteiger partial charge is 0.310 e. The zero-order chi connectivity index (χ0) is 68.9. The molecule has 0 fully saturated rings. The highest BCUT2D eigenvalue weighted by Gasteiger charge is 2.24. The lowest BCUT2D eigenvalue weighted by Gasteiger charge is -2.27. The first-order valence-electron chi connectivity index (χ1n) is 35.7. The minimum atomic E-state index is 1.10. The molecule has 2 aromatic heterocycles. The lowest BCUT2D eigenvalue weighted by atomic mass is 10.0. The van der Waals surface area contributed by atoms with E-state index in [-0.39, 0.29) is 0 Å². The number of aromatic nitrogens is 2. The molecule has 0 amide bonds. The molecule has 0 spiro atoms. The molecule has 20 aromatic rings. The number of fused-ring (bicyclic) bond motifs is 12. The molecule has 0 unspecified atom stereocenters. The predicted octanol–water partition coefficient (Wildman–Crippen LogP) is 27.8. The number of rotatable bonds is 12. The van der Waals surface area contributed by atoms with Crippen LogP contribution in [0.5, 0.6) is 0 Å². The van der Waals surface area contributed by atoms with Crippen molar-refractivity contribution in [1.82, 2.24) is 9.13 Å². The maximum atomic E-state index is 2.47. The summed E-state index contributed by atoms with van der Waals surface area (Å²) in [7, 11) is 0. The van der Waals surface area contributed by atoms with Crippen molar-refractivity contribution >= 4 is 121 Å². The Morgan fingerprint density at radius 1 is 0.163 bits per heavy atom. The first-order valence-corrected chi connectivity index (χ1v) is 35.7. The van der Waals surface area contributed by atoms with Gasteiger partial charge in [0.15, 0.2) is 0 Å². The Hall–Kier alpha value is -13.8. The van der Waals surface area contributed by atoms with Gasteiger partial charge in [0, 0.05) is 72.1 Å². The standard InChI is InChI=1S/2C50H34N2/c1-3-12-35(13-4-1)37-24-29-43(30-25-37)51(44-31-26-38(27-32-44)41-23-22-36-14-7-8-16-40(36)34-41)48-21-11-20-46-47-33-28-39-15-9-10-19-45(39)49(47)52(50(46)48)42-17-5-2-6-18-42;1-3-11-35(12-4-1)37-21-26-43(27-22-37)51(44-28-23-38(24-29-44)41-20-19-36-13-7-8-15-40(36)33-41)45-30-32-47-48-31-25-39-14-9-10-18-46(39)50(48)52(49(47)34-45)42-16-5-2-6-17-42/h2*1-34H.